The summed E-state index contributed by atoms with van der Waals surface area (Å²) >= 11 is 0. The van der Waals surface area contributed by atoms with Crippen LogP contribution in [0.4, 0.5) is 0 Å². The van der Waals surface area contributed by atoms with E-state index in [1.807, 2.05) is 0 Å². The Kier molecular flexibility index (Phi) is 4.64. The fraction of sp³-hybridized carbons (Fsp3) is 0.714. The first-order valence-electron chi connectivity index (χ1n) is 7.33. The van der Waals surface area contributed by atoms with Crippen LogP contribution in [0.2, 0.25) is 0 Å². The maximum absolute atomic E-state index is 10.3. The highest BCUT2D eigenvalue weighted by molar-refractivity contribution is 5.08. The molecule has 0 spiro atoms. The Morgan fingerprint density at radius 1 is 1.29 bits per heavy atom. The summed E-state index contributed by atoms with van der Waals surface area (Å²) < 4.78 is 10.3. The quantitative estimate of drug-likeness (QED) is 0.792. The largest absolute Gasteiger partial charge is 0.467 e. The molecule has 1 aromatic rings. The number of nitrogens with zero attached hydrogens (tertiary/aromatic N) is 4. The van der Waals surface area contributed by atoms with Gasteiger partial charge in [0.25, 0.3) is 0 Å². The molecule has 2 aliphatic heterocycles. The minimum atomic E-state index is -0.303. The summed E-state index contributed by atoms with van der Waals surface area (Å²) in [6, 6.07) is 0.583. The highest BCUT2D eigenvalue weighted by atomic mass is 16.5. The predicted molar refractivity (Wildman–Crippen MR) is 76.0 cm³/mol. The van der Waals surface area contributed by atoms with Crippen LogP contribution in [0, 0.1) is 0 Å². The topological polar surface area (TPSA) is 71.0 Å². The summed E-state index contributed by atoms with van der Waals surface area (Å²) in [5.74, 6) is 0. The Balaban J connectivity index is 1.57. The first-order valence-corrected chi connectivity index (χ1v) is 7.33. The monoisotopic (exact) mass is 294 g/mol. The van der Waals surface area contributed by atoms with Crippen LogP contribution >= 0.6 is 0 Å². The molecule has 0 aliphatic carbocycles. The Morgan fingerprint density at radius 2 is 2.00 bits per heavy atom. The lowest BCUT2D eigenvalue weighted by molar-refractivity contribution is -0.00618. The van der Waals surface area contributed by atoms with Crippen molar-refractivity contribution in [2.24, 2.45) is 0 Å². The maximum Gasteiger partial charge on any atom is 0.316 e. The Hall–Kier alpha value is -1.28. The van der Waals surface area contributed by atoms with Crippen LogP contribution in [0.15, 0.2) is 12.4 Å². The predicted octanol–water partition coefficient (Wildman–Crippen LogP) is -0.637. The number of aromatic nitrogens is 2. The lowest BCUT2D eigenvalue weighted by atomic mass is 10.1. The first-order chi connectivity index (χ1) is 10.3. The molecule has 1 aromatic heterocycles. The van der Waals surface area contributed by atoms with Gasteiger partial charge in [0.05, 0.1) is 26.4 Å². The molecule has 116 valence electrons. The van der Waals surface area contributed by atoms with Gasteiger partial charge in [-0.1, -0.05) is 0 Å². The molecule has 2 fully saturated rings. The molecule has 0 aromatic carbocycles. The van der Waals surface area contributed by atoms with Crippen LogP contribution in [-0.4, -0.2) is 83.5 Å². The number of hydrogen-bond donors (Lipinski definition) is 1. The summed E-state index contributed by atoms with van der Waals surface area (Å²) in [6.07, 6.45) is 3.25. The minimum absolute atomic E-state index is 0.202. The maximum atomic E-state index is 10.3. The van der Waals surface area contributed by atoms with Crippen molar-refractivity contribution >= 4 is 0 Å². The molecule has 2 atom stereocenters. The van der Waals surface area contributed by atoms with Gasteiger partial charge in [-0.3, -0.25) is 9.80 Å². The van der Waals surface area contributed by atoms with E-state index in [0.29, 0.717) is 12.6 Å². The van der Waals surface area contributed by atoms with Gasteiger partial charge in [0.2, 0.25) is 0 Å². The van der Waals surface area contributed by atoms with Crippen molar-refractivity contribution in [2.45, 2.75) is 18.7 Å². The Labute approximate surface area is 124 Å². The number of ether oxygens (including phenoxy) is 2. The van der Waals surface area contributed by atoms with Crippen molar-refractivity contribution < 1.29 is 14.6 Å². The molecule has 0 unspecified atom stereocenters. The fourth-order valence-electron chi connectivity index (χ4n) is 3.03. The van der Waals surface area contributed by atoms with E-state index in [1.54, 1.807) is 19.5 Å². The average Bonchev–Trinajstić information content (AvgIpc) is 2.89. The molecule has 2 saturated heterocycles. The number of likely N-dealkylation sites (tertiary alicyclic amines) is 1. The van der Waals surface area contributed by atoms with Crippen molar-refractivity contribution in [1.29, 1.82) is 0 Å². The van der Waals surface area contributed by atoms with Crippen LogP contribution in [0.25, 0.3) is 0 Å². The van der Waals surface area contributed by atoms with E-state index in [1.165, 1.54) is 0 Å². The van der Waals surface area contributed by atoms with Gasteiger partial charge < -0.3 is 14.6 Å². The number of morpholine rings is 1. The lowest BCUT2D eigenvalue weighted by Crippen LogP contribution is -2.48. The molecule has 7 nitrogen and oxygen atoms in total. The summed E-state index contributed by atoms with van der Waals surface area (Å²) in [7, 11) is 1.55. The van der Waals surface area contributed by atoms with E-state index >= 15 is 0 Å². The summed E-state index contributed by atoms with van der Waals surface area (Å²) in [4.78, 5) is 12.8. The smallest absolute Gasteiger partial charge is 0.316 e. The number of aliphatic hydroxyl groups is 1. The van der Waals surface area contributed by atoms with Gasteiger partial charge in [-0.05, 0) is 0 Å². The molecule has 0 bridgehead atoms. The third kappa shape index (κ3) is 3.49. The molecular weight excluding hydrogens is 272 g/mol. The van der Waals surface area contributed by atoms with Crippen molar-refractivity contribution in [3.63, 3.8) is 0 Å². The number of hydrogen-bond acceptors (Lipinski definition) is 7. The standard InChI is InChI=1S/C14H22N4O3/c1-20-14-15-6-11(7-16-14)8-17-9-12(13(19)10-17)18-2-4-21-5-3-18/h6-7,12-13,19H,2-5,8-10H2,1H3/t12-,13-/m0/s1. The molecular formula is C14H22N4O3. The molecule has 21 heavy (non-hydrogen) atoms. The third-order valence-corrected chi connectivity index (χ3v) is 4.12. The van der Waals surface area contributed by atoms with Crippen molar-refractivity contribution in [3.8, 4) is 6.01 Å². The molecule has 0 radical (unpaired) electrons. The van der Waals surface area contributed by atoms with Crippen molar-refractivity contribution in [1.82, 2.24) is 19.8 Å². The second-order valence-electron chi connectivity index (χ2n) is 5.56. The molecule has 3 rings (SSSR count). The number of rotatable bonds is 4. The second kappa shape index (κ2) is 6.65. The van der Waals surface area contributed by atoms with Gasteiger partial charge in [0, 0.05) is 56.7 Å². The first kappa shape index (κ1) is 14.6. The zero-order valence-corrected chi connectivity index (χ0v) is 12.3. The Morgan fingerprint density at radius 3 is 2.67 bits per heavy atom. The zero-order valence-electron chi connectivity index (χ0n) is 12.3. The average molecular weight is 294 g/mol. The Bertz CT molecular complexity index is 450. The van der Waals surface area contributed by atoms with Gasteiger partial charge >= 0.3 is 6.01 Å². The van der Waals surface area contributed by atoms with Crippen LogP contribution in [0.5, 0.6) is 6.01 Å². The molecule has 7 heteroatoms. The summed E-state index contributed by atoms with van der Waals surface area (Å²) in [5, 5.41) is 10.3. The SMILES string of the molecule is COc1ncc(CN2C[C@H](O)[C@@H](N3CCOCC3)C2)cn1. The van der Waals surface area contributed by atoms with Crippen molar-refractivity contribution in [3.05, 3.63) is 18.0 Å². The van der Waals surface area contributed by atoms with Crippen LogP contribution < -0.4 is 4.74 Å². The van der Waals surface area contributed by atoms with E-state index < -0.39 is 0 Å². The zero-order chi connectivity index (χ0) is 14.7. The van der Waals surface area contributed by atoms with Crippen molar-refractivity contribution in [2.75, 3.05) is 46.5 Å². The lowest BCUT2D eigenvalue weighted by Gasteiger charge is -2.33. The van der Waals surface area contributed by atoms with Gasteiger partial charge in [-0.15, -0.1) is 0 Å². The van der Waals surface area contributed by atoms with E-state index in [4.69, 9.17) is 9.47 Å². The number of methoxy groups -OCH3 is 1. The van der Waals surface area contributed by atoms with E-state index in [9.17, 15) is 5.11 Å². The summed E-state index contributed by atoms with van der Waals surface area (Å²) in [6.45, 7) is 5.64. The van der Waals surface area contributed by atoms with E-state index in [0.717, 1.165) is 45.0 Å². The molecule has 1 N–H and O–H groups in total. The highest BCUT2D eigenvalue weighted by Crippen LogP contribution is 2.19. The highest BCUT2D eigenvalue weighted by Gasteiger charge is 2.35. The molecule has 3 heterocycles. The molecule has 0 amide bonds. The molecule has 2 aliphatic rings. The van der Waals surface area contributed by atoms with Gasteiger partial charge in [-0.25, -0.2) is 9.97 Å². The van der Waals surface area contributed by atoms with Crippen LogP contribution in [0.3, 0.4) is 0 Å². The third-order valence-electron chi connectivity index (χ3n) is 4.12. The number of aliphatic hydroxyl groups excluding tert-OH is 1. The van der Waals surface area contributed by atoms with Crippen LogP contribution in [-0.2, 0) is 11.3 Å². The second-order valence-corrected chi connectivity index (χ2v) is 5.56. The fourth-order valence-corrected chi connectivity index (χ4v) is 3.03. The summed E-state index contributed by atoms with van der Waals surface area (Å²) in [5.41, 5.74) is 1.03. The minimum Gasteiger partial charge on any atom is -0.467 e. The van der Waals surface area contributed by atoms with E-state index in [2.05, 4.69) is 19.8 Å². The van der Waals surface area contributed by atoms with Crippen LogP contribution in [0.1, 0.15) is 5.56 Å². The van der Waals surface area contributed by atoms with Gasteiger partial charge in [0.1, 0.15) is 0 Å². The number of β-amino-alcohol motifs (C(OH)–C–C–N with tert-alkyl or cyclic N) is 1. The van der Waals surface area contributed by atoms with Gasteiger partial charge in [-0.2, -0.15) is 0 Å². The van der Waals surface area contributed by atoms with E-state index in [-0.39, 0.29) is 12.1 Å². The molecule has 0 saturated carbocycles. The normalized spacial score (nSPS) is 27.9. The van der Waals surface area contributed by atoms with Gasteiger partial charge in [0.15, 0.2) is 0 Å².